The summed E-state index contributed by atoms with van der Waals surface area (Å²) in [5.74, 6) is 0. The maximum absolute atomic E-state index is 3.56. The quantitative estimate of drug-likeness (QED) is 0.515. The van der Waals surface area contributed by atoms with E-state index in [0.29, 0.717) is 0 Å². The summed E-state index contributed by atoms with van der Waals surface area (Å²) in [7, 11) is 0. The lowest BCUT2D eigenvalue weighted by atomic mass is 10.1. The van der Waals surface area contributed by atoms with Gasteiger partial charge in [-0.2, -0.15) is 0 Å². The molecule has 0 saturated heterocycles. The SMILES string of the molecule is CCCNCCCCCCCNC1CC1. The van der Waals surface area contributed by atoms with Crippen LogP contribution in [-0.4, -0.2) is 25.7 Å². The molecule has 1 saturated carbocycles. The summed E-state index contributed by atoms with van der Waals surface area (Å²) in [4.78, 5) is 0. The summed E-state index contributed by atoms with van der Waals surface area (Å²) in [6, 6.07) is 0.892. The first kappa shape index (κ1) is 13.0. The lowest BCUT2D eigenvalue weighted by molar-refractivity contribution is 0.554. The van der Waals surface area contributed by atoms with E-state index < -0.39 is 0 Å². The van der Waals surface area contributed by atoms with Crippen molar-refractivity contribution in [3.8, 4) is 0 Å². The molecule has 1 fully saturated rings. The lowest BCUT2D eigenvalue weighted by Crippen LogP contribution is -2.17. The zero-order valence-electron chi connectivity index (χ0n) is 10.4. The molecule has 0 aliphatic heterocycles. The average Bonchev–Trinajstić information content (AvgIpc) is 3.05. The molecule has 0 unspecified atom stereocenters. The van der Waals surface area contributed by atoms with Gasteiger partial charge in [-0.1, -0.05) is 26.2 Å². The summed E-state index contributed by atoms with van der Waals surface area (Å²) in [5, 5.41) is 7.01. The Hall–Kier alpha value is -0.0800. The fourth-order valence-corrected chi connectivity index (χ4v) is 1.80. The van der Waals surface area contributed by atoms with Crippen LogP contribution in [0.1, 0.15) is 58.3 Å². The van der Waals surface area contributed by atoms with Crippen molar-refractivity contribution in [2.45, 2.75) is 64.3 Å². The van der Waals surface area contributed by atoms with Crippen LogP contribution in [0.4, 0.5) is 0 Å². The van der Waals surface area contributed by atoms with Gasteiger partial charge in [0.25, 0.3) is 0 Å². The van der Waals surface area contributed by atoms with E-state index in [1.165, 1.54) is 71.0 Å². The van der Waals surface area contributed by atoms with Crippen LogP contribution in [0, 0.1) is 0 Å². The second kappa shape index (κ2) is 9.17. The maximum atomic E-state index is 3.56. The van der Waals surface area contributed by atoms with Crippen molar-refractivity contribution in [1.82, 2.24) is 10.6 Å². The third-order valence-electron chi connectivity index (χ3n) is 2.97. The first-order chi connectivity index (χ1) is 7.43. The predicted molar refractivity (Wildman–Crippen MR) is 67.3 cm³/mol. The molecule has 0 spiro atoms. The highest BCUT2D eigenvalue weighted by atomic mass is 14.9. The highest BCUT2D eigenvalue weighted by molar-refractivity contribution is 4.80. The number of hydrogen-bond donors (Lipinski definition) is 2. The predicted octanol–water partition coefficient (Wildman–Crippen LogP) is 2.69. The van der Waals surface area contributed by atoms with Gasteiger partial charge in [-0.15, -0.1) is 0 Å². The van der Waals surface area contributed by atoms with Gasteiger partial charge in [0, 0.05) is 6.04 Å². The standard InChI is InChI=1S/C13H28N2/c1-2-10-14-11-6-4-3-5-7-12-15-13-8-9-13/h13-15H,2-12H2,1H3. The molecule has 2 nitrogen and oxygen atoms in total. The molecule has 0 atom stereocenters. The Morgan fingerprint density at radius 1 is 0.867 bits per heavy atom. The van der Waals surface area contributed by atoms with Crippen molar-refractivity contribution in [2.24, 2.45) is 0 Å². The molecular weight excluding hydrogens is 184 g/mol. The van der Waals surface area contributed by atoms with E-state index in [1.807, 2.05) is 0 Å². The Morgan fingerprint density at radius 3 is 2.20 bits per heavy atom. The molecule has 2 heteroatoms. The fraction of sp³-hybridized carbons (Fsp3) is 1.00. The third kappa shape index (κ3) is 8.88. The largest absolute Gasteiger partial charge is 0.317 e. The van der Waals surface area contributed by atoms with E-state index >= 15 is 0 Å². The van der Waals surface area contributed by atoms with E-state index in [1.54, 1.807) is 0 Å². The van der Waals surface area contributed by atoms with Gasteiger partial charge >= 0.3 is 0 Å². The molecule has 0 aromatic heterocycles. The van der Waals surface area contributed by atoms with Gasteiger partial charge in [-0.25, -0.2) is 0 Å². The summed E-state index contributed by atoms with van der Waals surface area (Å²) in [5.41, 5.74) is 0. The van der Waals surface area contributed by atoms with Crippen molar-refractivity contribution >= 4 is 0 Å². The maximum Gasteiger partial charge on any atom is 0.00682 e. The van der Waals surface area contributed by atoms with Crippen LogP contribution >= 0.6 is 0 Å². The van der Waals surface area contributed by atoms with Crippen LogP contribution in [0.25, 0.3) is 0 Å². The van der Waals surface area contributed by atoms with Gasteiger partial charge in [0.15, 0.2) is 0 Å². The Labute approximate surface area is 95.2 Å². The topological polar surface area (TPSA) is 24.1 Å². The number of rotatable bonds is 11. The van der Waals surface area contributed by atoms with Crippen LogP contribution in [0.5, 0.6) is 0 Å². The van der Waals surface area contributed by atoms with Gasteiger partial charge in [0.2, 0.25) is 0 Å². The molecule has 90 valence electrons. The van der Waals surface area contributed by atoms with Gasteiger partial charge in [-0.3, -0.25) is 0 Å². The molecule has 2 N–H and O–H groups in total. The third-order valence-corrected chi connectivity index (χ3v) is 2.97. The Kier molecular flexibility index (Phi) is 7.94. The average molecular weight is 212 g/mol. The molecule has 1 rings (SSSR count). The molecular formula is C13H28N2. The Bertz CT molecular complexity index is 132. The van der Waals surface area contributed by atoms with Crippen molar-refractivity contribution in [1.29, 1.82) is 0 Å². The molecule has 15 heavy (non-hydrogen) atoms. The van der Waals surface area contributed by atoms with Gasteiger partial charge in [0.1, 0.15) is 0 Å². The molecule has 0 aromatic carbocycles. The van der Waals surface area contributed by atoms with E-state index in [2.05, 4.69) is 17.6 Å². The van der Waals surface area contributed by atoms with E-state index in [4.69, 9.17) is 0 Å². The Morgan fingerprint density at radius 2 is 1.53 bits per heavy atom. The zero-order valence-corrected chi connectivity index (χ0v) is 10.4. The van der Waals surface area contributed by atoms with Gasteiger partial charge in [-0.05, 0) is 51.7 Å². The smallest absolute Gasteiger partial charge is 0.00682 e. The van der Waals surface area contributed by atoms with E-state index in [0.717, 1.165) is 6.04 Å². The molecule has 0 heterocycles. The summed E-state index contributed by atoms with van der Waals surface area (Å²) >= 11 is 0. The van der Waals surface area contributed by atoms with Crippen molar-refractivity contribution in [3.05, 3.63) is 0 Å². The van der Waals surface area contributed by atoms with Crippen LogP contribution in [-0.2, 0) is 0 Å². The molecule has 0 radical (unpaired) electrons. The summed E-state index contributed by atoms with van der Waals surface area (Å²) in [6.07, 6.45) is 11.1. The van der Waals surface area contributed by atoms with Crippen LogP contribution in [0.2, 0.25) is 0 Å². The second-order valence-electron chi connectivity index (χ2n) is 4.75. The molecule has 0 bridgehead atoms. The normalized spacial score (nSPS) is 15.8. The van der Waals surface area contributed by atoms with Gasteiger partial charge in [0.05, 0.1) is 0 Å². The highest BCUT2D eigenvalue weighted by Gasteiger charge is 2.19. The van der Waals surface area contributed by atoms with Crippen molar-refractivity contribution in [3.63, 3.8) is 0 Å². The first-order valence-corrected chi connectivity index (χ1v) is 6.87. The summed E-state index contributed by atoms with van der Waals surface area (Å²) in [6.45, 7) is 5.87. The lowest BCUT2D eigenvalue weighted by Gasteiger charge is -2.04. The highest BCUT2D eigenvalue weighted by Crippen LogP contribution is 2.18. The minimum absolute atomic E-state index is 0.892. The van der Waals surface area contributed by atoms with Crippen molar-refractivity contribution in [2.75, 3.05) is 19.6 Å². The van der Waals surface area contributed by atoms with E-state index in [-0.39, 0.29) is 0 Å². The van der Waals surface area contributed by atoms with Crippen molar-refractivity contribution < 1.29 is 0 Å². The molecule has 0 amide bonds. The minimum Gasteiger partial charge on any atom is -0.317 e. The second-order valence-corrected chi connectivity index (χ2v) is 4.75. The first-order valence-electron chi connectivity index (χ1n) is 6.87. The van der Waals surface area contributed by atoms with Crippen LogP contribution in [0.3, 0.4) is 0 Å². The minimum atomic E-state index is 0.892. The fourth-order valence-electron chi connectivity index (χ4n) is 1.80. The number of unbranched alkanes of at least 4 members (excludes halogenated alkanes) is 4. The molecule has 0 aromatic rings. The van der Waals surface area contributed by atoms with E-state index in [9.17, 15) is 0 Å². The van der Waals surface area contributed by atoms with Gasteiger partial charge < -0.3 is 10.6 Å². The summed E-state index contributed by atoms with van der Waals surface area (Å²) < 4.78 is 0. The zero-order chi connectivity index (χ0) is 10.8. The monoisotopic (exact) mass is 212 g/mol. The molecule has 1 aliphatic carbocycles. The Balaban J connectivity index is 1.62. The van der Waals surface area contributed by atoms with Crippen LogP contribution in [0.15, 0.2) is 0 Å². The number of hydrogen-bond acceptors (Lipinski definition) is 2. The van der Waals surface area contributed by atoms with Crippen LogP contribution < -0.4 is 10.6 Å². The molecule has 1 aliphatic rings. The number of nitrogens with one attached hydrogen (secondary N) is 2.